The lowest BCUT2D eigenvalue weighted by Crippen LogP contribution is -2.29. The van der Waals surface area contributed by atoms with Crippen LogP contribution in [0.1, 0.15) is 16.7 Å². The second kappa shape index (κ2) is 6.75. The van der Waals surface area contributed by atoms with E-state index in [0.717, 1.165) is 21.2 Å². The van der Waals surface area contributed by atoms with Crippen molar-refractivity contribution in [3.63, 3.8) is 0 Å². The van der Waals surface area contributed by atoms with Crippen LogP contribution in [-0.4, -0.2) is 11.8 Å². The molecule has 0 aliphatic heterocycles. The maximum atomic E-state index is 12.0. The molecule has 0 saturated carbocycles. The van der Waals surface area contributed by atoms with Gasteiger partial charge in [0.15, 0.2) is 0 Å². The molecule has 4 nitrogen and oxygen atoms in total. The fraction of sp³-hybridized carbons (Fsp3) is 0.176. The number of hydrogen-bond donors (Lipinski definition) is 2. The Kier molecular flexibility index (Phi) is 4.98. The quantitative estimate of drug-likeness (QED) is 0.796. The predicted molar refractivity (Wildman–Crippen MR) is 92.1 cm³/mol. The highest BCUT2D eigenvalue weighted by Crippen LogP contribution is 2.20. The largest absolute Gasteiger partial charge is 0.318 e. The van der Waals surface area contributed by atoms with Gasteiger partial charge in [0.2, 0.25) is 0 Å². The van der Waals surface area contributed by atoms with E-state index in [4.69, 9.17) is 0 Å². The molecule has 0 radical (unpaired) electrons. The first-order valence-electron chi connectivity index (χ1n) is 6.82. The van der Waals surface area contributed by atoms with Crippen molar-refractivity contribution in [2.45, 2.75) is 20.8 Å². The summed E-state index contributed by atoms with van der Waals surface area (Å²) in [5, 5.41) is 5.24. The highest BCUT2D eigenvalue weighted by Gasteiger charge is 2.15. The van der Waals surface area contributed by atoms with Crippen molar-refractivity contribution in [3.8, 4) is 0 Å². The summed E-state index contributed by atoms with van der Waals surface area (Å²) < 4.78 is 0.919. The molecule has 0 unspecified atom stereocenters. The molecule has 2 amide bonds. The maximum absolute atomic E-state index is 12.0. The molecular weight excluding hydrogens is 344 g/mol. The molecule has 2 aromatic rings. The first kappa shape index (κ1) is 16.2. The molecule has 2 aromatic carbocycles. The molecule has 2 N–H and O–H groups in total. The monoisotopic (exact) mass is 360 g/mol. The fourth-order valence-corrected chi connectivity index (χ4v) is 2.55. The number of anilines is 2. The zero-order valence-corrected chi connectivity index (χ0v) is 14.2. The molecular formula is C17H17BrN2O2. The van der Waals surface area contributed by atoms with Gasteiger partial charge in [0, 0.05) is 15.8 Å². The molecule has 0 fully saturated rings. The van der Waals surface area contributed by atoms with Gasteiger partial charge < -0.3 is 10.6 Å². The summed E-state index contributed by atoms with van der Waals surface area (Å²) in [5.41, 5.74) is 4.15. The Bertz CT molecular complexity index is 678. The summed E-state index contributed by atoms with van der Waals surface area (Å²) in [4.78, 5) is 24.0. The van der Waals surface area contributed by atoms with Crippen molar-refractivity contribution in [3.05, 3.63) is 57.6 Å². The maximum Gasteiger partial charge on any atom is 0.314 e. The van der Waals surface area contributed by atoms with E-state index >= 15 is 0 Å². The topological polar surface area (TPSA) is 58.2 Å². The van der Waals surface area contributed by atoms with Crippen LogP contribution >= 0.6 is 15.9 Å². The number of rotatable bonds is 2. The van der Waals surface area contributed by atoms with E-state index in [0.29, 0.717) is 11.4 Å². The Labute approximate surface area is 138 Å². The van der Waals surface area contributed by atoms with E-state index in [9.17, 15) is 9.59 Å². The van der Waals surface area contributed by atoms with Crippen molar-refractivity contribution in [2.24, 2.45) is 0 Å². The second-order valence-corrected chi connectivity index (χ2v) is 6.10. The smallest absolute Gasteiger partial charge is 0.314 e. The van der Waals surface area contributed by atoms with Gasteiger partial charge in [-0.15, -0.1) is 0 Å². The number of amides is 2. The Morgan fingerprint density at radius 3 is 1.82 bits per heavy atom. The molecule has 0 aliphatic carbocycles. The number of carbonyl (C=O) groups excluding carboxylic acids is 2. The average Bonchev–Trinajstić information content (AvgIpc) is 2.44. The van der Waals surface area contributed by atoms with Crippen molar-refractivity contribution in [1.82, 2.24) is 0 Å². The van der Waals surface area contributed by atoms with Crippen LogP contribution in [0.3, 0.4) is 0 Å². The lowest BCUT2D eigenvalue weighted by molar-refractivity contribution is -0.133. The van der Waals surface area contributed by atoms with Crippen molar-refractivity contribution >= 4 is 39.1 Å². The van der Waals surface area contributed by atoms with E-state index in [1.54, 1.807) is 12.1 Å². The molecule has 0 saturated heterocycles. The molecule has 0 aliphatic rings. The van der Waals surface area contributed by atoms with Crippen LogP contribution in [0, 0.1) is 20.8 Å². The number of hydrogen-bond acceptors (Lipinski definition) is 2. The van der Waals surface area contributed by atoms with Gasteiger partial charge in [-0.3, -0.25) is 9.59 Å². The van der Waals surface area contributed by atoms with Gasteiger partial charge in [0.05, 0.1) is 0 Å². The number of halogens is 1. The molecule has 114 valence electrons. The average molecular weight is 361 g/mol. The molecule has 5 heteroatoms. The summed E-state index contributed by atoms with van der Waals surface area (Å²) in [7, 11) is 0. The zero-order valence-electron chi connectivity index (χ0n) is 12.7. The third kappa shape index (κ3) is 3.95. The van der Waals surface area contributed by atoms with E-state index in [-0.39, 0.29) is 0 Å². The van der Waals surface area contributed by atoms with Crippen LogP contribution in [0.5, 0.6) is 0 Å². The SMILES string of the molecule is Cc1ccc(NC(=O)C(=O)Nc2ccc(Br)cc2C)c(C)c1. The molecule has 0 spiro atoms. The summed E-state index contributed by atoms with van der Waals surface area (Å²) in [6, 6.07) is 11.1. The van der Waals surface area contributed by atoms with Crippen molar-refractivity contribution in [1.29, 1.82) is 0 Å². The van der Waals surface area contributed by atoms with Crippen LogP contribution < -0.4 is 10.6 Å². The lowest BCUT2D eigenvalue weighted by atomic mass is 10.1. The minimum Gasteiger partial charge on any atom is -0.318 e. The summed E-state index contributed by atoms with van der Waals surface area (Å²) in [6.45, 7) is 5.73. The van der Waals surface area contributed by atoms with E-state index in [2.05, 4.69) is 26.6 Å². The van der Waals surface area contributed by atoms with Gasteiger partial charge in [-0.25, -0.2) is 0 Å². The molecule has 0 bridgehead atoms. The third-order valence-electron chi connectivity index (χ3n) is 3.27. The third-order valence-corrected chi connectivity index (χ3v) is 3.77. The summed E-state index contributed by atoms with van der Waals surface area (Å²) in [6.07, 6.45) is 0. The van der Waals surface area contributed by atoms with E-state index in [1.165, 1.54) is 0 Å². The second-order valence-electron chi connectivity index (χ2n) is 5.19. The standard InChI is InChI=1S/C17H17BrN2O2/c1-10-4-6-14(11(2)8-10)19-16(21)17(22)20-15-7-5-13(18)9-12(15)3/h4-9H,1-3H3,(H,19,21)(H,20,22). The van der Waals surface area contributed by atoms with E-state index < -0.39 is 11.8 Å². The highest BCUT2D eigenvalue weighted by atomic mass is 79.9. The van der Waals surface area contributed by atoms with Crippen molar-refractivity contribution in [2.75, 3.05) is 10.6 Å². The first-order chi connectivity index (χ1) is 10.4. The molecule has 2 rings (SSSR count). The number of nitrogens with one attached hydrogen (secondary N) is 2. The van der Waals surface area contributed by atoms with Gasteiger partial charge in [-0.05, 0) is 56.2 Å². The Morgan fingerprint density at radius 1 is 0.818 bits per heavy atom. The van der Waals surface area contributed by atoms with Crippen LogP contribution in [0.15, 0.2) is 40.9 Å². The fourth-order valence-electron chi connectivity index (χ4n) is 2.08. The van der Waals surface area contributed by atoms with Crippen LogP contribution in [-0.2, 0) is 9.59 Å². The lowest BCUT2D eigenvalue weighted by Gasteiger charge is -2.11. The normalized spacial score (nSPS) is 10.2. The molecule has 0 aromatic heterocycles. The minimum absolute atomic E-state index is 0.615. The van der Waals surface area contributed by atoms with Crippen LogP contribution in [0.25, 0.3) is 0 Å². The zero-order chi connectivity index (χ0) is 16.3. The van der Waals surface area contributed by atoms with Gasteiger partial charge in [0.1, 0.15) is 0 Å². The van der Waals surface area contributed by atoms with Gasteiger partial charge in [-0.1, -0.05) is 33.6 Å². The highest BCUT2D eigenvalue weighted by molar-refractivity contribution is 9.10. The predicted octanol–water partition coefficient (Wildman–Crippen LogP) is 3.95. The van der Waals surface area contributed by atoms with Gasteiger partial charge >= 0.3 is 11.8 Å². The van der Waals surface area contributed by atoms with Gasteiger partial charge in [0.25, 0.3) is 0 Å². The van der Waals surface area contributed by atoms with Crippen LogP contribution in [0.2, 0.25) is 0 Å². The molecule has 22 heavy (non-hydrogen) atoms. The molecule has 0 heterocycles. The first-order valence-corrected chi connectivity index (χ1v) is 7.62. The Morgan fingerprint density at radius 2 is 1.32 bits per heavy atom. The summed E-state index contributed by atoms with van der Waals surface area (Å²) in [5.74, 6) is -1.38. The number of benzene rings is 2. The molecule has 0 atom stereocenters. The van der Waals surface area contributed by atoms with Crippen LogP contribution in [0.4, 0.5) is 11.4 Å². The Hall–Kier alpha value is -2.14. The van der Waals surface area contributed by atoms with Crippen molar-refractivity contribution < 1.29 is 9.59 Å². The Balaban J connectivity index is 2.07. The van der Waals surface area contributed by atoms with E-state index in [1.807, 2.05) is 45.0 Å². The number of aryl methyl sites for hydroxylation is 3. The number of carbonyl (C=O) groups is 2. The van der Waals surface area contributed by atoms with Gasteiger partial charge in [-0.2, -0.15) is 0 Å². The summed E-state index contributed by atoms with van der Waals surface area (Å²) >= 11 is 3.36. The minimum atomic E-state index is -0.689.